The lowest BCUT2D eigenvalue weighted by Gasteiger charge is -2.66. The molecule has 4 saturated carbocycles. The number of nitrogens with two attached hydrogens (primary N) is 3. The molecular weight excluding hydrogens is 730 g/mol. The van der Waals surface area contributed by atoms with Gasteiger partial charge in [-0.15, -0.1) is 0 Å². The summed E-state index contributed by atoms with van der Waals surface area (Å²) in [6.07, 6.45) is 11.1. The summed E-state index contributed by atoms with van der Waals surface area (Å²) in [6.45, 7) is 3.53. The van der Waals surface area contributed by atoms with Crippen LogP contribution in [-0.4, -0.2) is 127 Å². The monoisotopic (exact) mass is 809 g/mol. The first-order chi connectivity index (χ1) is 27.4. The van der Waals surface area contributed by atoms with Crippen molar-refractivity contribution in [2.75, 3.05) is 34.0 Å². The first-order valence-corrected chi connectivity index (χ1v) is 23.0. The third-order valence-corrected chi connectivity index (χ3v) is 17.3. The zero-order valence-electron chi connectivity index (χ0n) is 35.1. The number of hydrogen-bond donors (Lipinski definition) is 7. The van der Waals surface area contributed by atoms with Crippen molar-refractivity contribution in [3.8, 4) is 0 Å². The normalized spacial score (nSPS) is 49.2. The van der Waals surface area contributed by atoms with Crippen molar-refractivity contribution in [2.24, 2.45) is 52.1 Å². The maximum absolute atomic E-state index is 13.1. The number of carbonyl (C=O) groups is 1. The standard InChI is InChI=1S/C44H77N3O10/c1-25-22-43-14-4-5-29(43)8-10-32(27-12-15-46-39(45)20-27)44(43,23-40(51)52)38(47-25)24-56-37-19-28(18-36(55-3)41(37)53)42-31(13-16-48)34(50)21-30(57-42)9-6-26-7-11-33(49)35(17-26)54-2/h25-39,41-42,46-50,53H,4-24,45H2,1-3H3,(H,51,52)/p+1. The molecule has 19 unspecified atom stereocenters. The molecule has 0 aromatic heterocycles. The minimum Gasteiger partial charge on any atom is -0.550 e. The smallest absolute Gasteiger partial charge is 0.137 e. The molecule has 0 radical (unpaired) electrons. The van der Waals surface area contributed by atoms with Crippen LogP contribution in [0.15, 0.2) is 0 Å². The van der Waals surface area contributed by atoms with Crippen molar-refractivity contribution in [1.29, 1.82) is 0 Å². The predicted molar refractivity (Wildman–Crippen MR) is 209 cm³/mol. The fourth-order valence-corrected chi connectivity index (χ4v) is 14.9. The number of rotatable bonds is 14. The lowest BCUT2D eigenvalue weighted by atomic mass is 9.40. The average molecular weight is 809 g/mol. The van der Waals surface area contributed by atoms with Crippen molar-refractivity contribution in [3.63, 3.8) is 0 Å². The highest BCUT2D eigenvalue weighted by atomic mass is 16.5. The van der Waals surface area contributed by atoms with Gasteiger partial charge in [-0.3, -0.25) is 5.73 Å². The molecule has 7 fully saturated rings. The van der Waals surface area contributed by atoms with Crippen LogP contribution in [0.25, 0.3) is 0 Å². The van der Waals surface area contributed by atoms with Gasteiger partial charge in [0.1, 0.15) is 18.3 Å². The first-order valence-electron chi connectivity index (χ1n) is 23.0. The number of quaternary nitrogens is 2. The minimum atomic E-state index is -0.971. The fraction of sp³-hybridized carbons (Fsp3) is 0.977. The third kappa shape index (κ3) is 8.88. The molecule has 1 spiro atoms. The highest BCUT2D eigenvalue weighted by molar-refractivity contribution is 5.66. The van der Waals surface area contributed by atoms with E-state index in [1.165, 1.54) is 0 Å². The van der Waals surface area contributed by atoms with E-state index in [1.807, 2.05) is 0 Å². The van der Waals surface area contributed by atoms with Crippen LogP contribution in [0.3, 0.4) is 0 Å². The second-order valence-electron chi connectivity index (χ2n) is 20.1. The molecule has 7 rings (SSSR count). The van der Waals surface area contributed by atoms with Crippen LogP contribution in [-0.2, 0) is 23.7 Å². The molecule has 3 saturated heterocycles. The van der Waals surface area contributed by atoms with E-state index in [1.54, 1.807) is 14.2 Å². The summed E-state index contributed by atoms with van der Waals surface area (Å²) in [5.74, 6) is 0.170. The predicted octanol–water partition coefficient (Wildman–Crippen LogP) is -0.0640. The summed E-state index contributed by atoms with van der Waals surface area (Å²) in [4.78, 5) is 13.1. The lowest BCUT2D eigenvalue weighted by molar-refractivity contribution is -0.756. The largest absolute Gasteiger partial charge is 0.550 e. The van der Waals surface area contributed by atoms with Gasteiger partial charge >= 0.3 is 0 Å². The molecule has 328 valence electrons. The van der Waals surface area contributed by atoms with Gasteiger partial charge in [0.25, 0.3) is 0 Å². The molecule has 19 atom stereocenters. The Balaban J connectivity index is 1.12. The van der Waals surface area contributed by atoms with E-state index < -0.39 is 41.9 Å². The molecule has 0 amide bonds. The molecule has 3 aliphatic heterocycles. The zero-order chi connectivity index (χ0) is 40.5. The van der Waals surface area contributed by atoms with Crippen molar-refractivity contribution >= 4 is 5.97 Å². The topological polar surface area (TPSA) is 217 Å². The molecule has 4 aliphatic carbocycles. The van der Waals surface area contributed by atoms with Crippen molar-refractivity contribution in [2.45, 2.75) is 190 Å². The molecule has 7 aliphatic rings. The fourth-order valence-electron chi connectivity index (χ4n) is 14.9. The molecule has 0 aromatic carbocycles. The Bertz CT molecular complexity index is 1310. The average Bonchev–Trinajstić information content (AvgIpc) is 3.60. The van der Waals surface area contributed by atoms with Crippen LogP contribution >= 0.6 is 0 Å². The third-order valence-electron chi connectivity index (χ3n) is 17.3. The van der Waals surface area contributed by atoms with E-state index >= 15 is 0 Å². The van der Waals surface area contributed by atoms with E-state index in [-0.39, 0.29) is 66.7 Å². The summed E-state index contributed by atoms with van der Waals surface area (Å²) in [6, 6.07) is 0.205. The van der Waals surface area contributed by atoms with Gasteiger partial charge < -0.3 is 59.9 Å². The molecule has 3 heterocycles. The van der Waals surface area contributed by atoms with Crippen LogP contribution in [0.1, 0.15) is 122 Å². The lowest BCUT2D eigenvalue weighted by Crippen LogP contribution is -3.03. The van der Waals surface area contributed by atoms with Crippen LogP contribution in [0.5, 0.6) is 0 Å². The van der Waals surface area contributed by atoms with Gasteiger partial charge in [0.2, 0.25) is 0 Å². The highest BCUT2D eigenvalue weighted by Crippen LogP contribution is 2.70. The molecular formula is C44H78N3O10+. The quantitative estimate of drug-likeness (QED) is 0.123. The van der Waals surface area contributed by atoms with E-state index in [9.17, 15) is 30.3 Å². The molecule has 0 bridgehead atoms. The summed E-state index contributed by atoms with van der Waals surface area (Å²) < 4.78 is 25.4. The Labute approximate surface area is 340 Å². The van der Waals surface area contributed by atoms with Crippen LogP contribution in [0.2, 0.25) is 0 Å². The van der Waals surface area contributed by atoms with Gasteiger partial charge in [-0.25, -0.2) is 0 Å². The Kier molecular flexibility index (Phi) is 14.7. The van der Waals surface area contributed by atoms with Gasteiger partial charge in [0.15, 0.2) is 0 Å². The number of aliphatic hydroxyl groups excluding tert-OH is 4. The van der Waals surface area contributed by atoms with E-state index in [2.05, 4.69) is 17.6 Å². The number of carboxylic acid groups (broad SMARTS) is 1. The second-order valence-corrected chi connectivity index (χ2v) is 20.1. The van der Waals surface area contributed by atoms with Gasteiger partial charge in [-0.2, -0.15) is 0 Å². The van der Waals surface area contributed by atoms with Gasteiger partial charge in [-0.1, -0.05) is 6.42 Å². The Morgan fingerprint density at radius 1 is 0.895 bits per heavy atom. The second kappa shape index (κ2) is 19.0. The molecule has 13 nitrogen and oxygen atoms in total. The molecule has 13 heteroatoms. The number of piperidine rings is 2. The van der Waals surface area contributed by atoms with E-state index in [4.69, 9.17) is 24.7 Å². The maximum Gasteiger partial charge on any atom is 0.137 e. The summed E-state index contributed by atoms with van der Waals surface area (Å²) in [5, 5.41) is 61.6. The summed E-state index contributed by atoms with van der Waals surface area (Å²) >= 11 is 0. The van der Waals surface area contributed by atoms with Crippen LogP contribution < -0.4 is 21.5 Å². The van der Waals surface area contributed by atoms with Gasteiger partial charge in [-0.05, 0) is 138 Å². The van der Waals surface area contributed by atoms with Crippen LogP contribution in [0, 0.1) is 46.3 Å². The number of methoxy groups -OCH3 is 2. The Morgan fingerprint density at radius 2 is 1.68 bits per heavy atom. The van der Waals surface area contributed by atoms with Gasteiger partial charge in [0.05, 0.1) is 61.9 Å². The Morgan fingerprint density at radius 3 is 2.42 bits per heavy atom. The SMILES string of the molecule is COC1CC(CCC2CC(O)C(CCO)C(C3CC(OC)C(O)C(OCC4[NH2+]C(C)CC56CCCC5CCC(C5CC[NH2+]C(N)C5)C46CC(=O)[O-])C3)O2)CCC1O. The van der Waals surface area contributed by atoms with E-state index in [0.29, 0.717) is 56.1 Å². The van der Waals surface area contributed by atoms with Crippen molar-refractivity contribution in [3.05, 3.63) is 0 Å². The van der Waals surface area contributed by atoms with E-state index in [0.717, 1.165) is 90.0 Å². The first kappa shape index (κ1) is 44.1. The number of aliphatic hydroxyl groups is 4. The molecule has 57 heavy (non-hydrogen) atoms. The number of ether oxygens (including phenoxy) is 4. The van der Waals surface area contributed by atoms with Gasteiger partial charge in [0, 0.05) is 51.0 Å². The number of aliphatic carboxylic acids is 1. The number of hydrogen-bond acceptors (Lipinski definition) is 11. The highest BCUT2D eigenvalue weighted by Gasteiger charge is 2.70. The zero-order valence-corrected chi connectivity index (χ0v) is 35.1. The number of carbonyl (C=O) groups excluding carboxylic acids is 1. The number of carboxylic acids is 1. The Hall–Kier alpha value is -0.970. The molecule has 10 N–H and O–H groups in total. The summed E-state index contributed by atoms with van der Waals surface area (Å²) in [7, 11) is 3.29. The summed E-state index contributed by atoms with van der Waals surface area (Å²) in [5.41, 5.74) is 5.98. The minimum absolute atomic E-state index is 0.0292. The maximum atomic E-state index is 13.1. The van der Waals surface area contributed by atoms with Crippen molar-refractivity contribution < 1.29 is 59.9 Å². The van der Waals surface area contributed by atoms with Crippen molar-refractivity contribution in [1.82, 2.24) is 0 Å². The van der Waals surface area contributed by atoms with Crippen LogP contribution in [0.4, 0.5) is 0 Å². The molecule has 0 aromatic rings.